The molecule has 1 aromatic heterocycles. The number of rotatable bonds is 1. The Labute approximate surface area is 70.0 Å². The van der Waals surface area contributed by atoms with Gasteiger partial charge < -0.3 is 14.4 Å². The number of piperidine rings is 1. The number of aliphatic hydroxyl groups is 1. The molecule has 12 heavy (non-hydrogen) atoms. The van der Waals surface area contributed by atoms with Gasteiger partial charge in [0, 0.05) is 13.1 Å². The fraction of sp³-hybridized carbons (Fsp3) is 0.714. The van der Waals surface area contributed by atoms with E-state index >= 15 is 0 Å². The molecule has 1 aromatic rings. The number of β-amino-alcohol motifs (C(OH)–C–C–N with tert-alkyl or cyclic N) is 1. The van der Waals surface area contributed by atoms with Crippen LogP contribution in [0, 0.1) is 0 Å². The molecule has 1 atom stereocenters. The number of anilines is 1. The van der Waals surface area contributed by atoms with Gasteiger partial charge >= 0.3 is 6.01 Å². The molecule has 0 spiro atoms. The van der Waals surface area contributed by atoms with Crippen molar-refractivity contribution < 1.29 is 9.52 Å². The van der Waals surface area contributed by atoms with Crippen LogP contribution in [0.1, 0.15) is 12.8 Å². The van der Waals surface area contributed by atoms with Crippen molar-refractivity contribution in [2.24, 2.45) is 0 Å². The van der Waals surface area contributed by atoms with Gasteiger partial charge in [0.25, 0.3) is 0 Å². The third-order valence-electron chi connectivity index (χ3n) is 2.02. The van der Waals surface area contributed by atoms with Crippen LogP contribution < -0.4 is 4.90 Å². The molecule has 0 saturated carbocycles. The SMILES string of the molecule is OC1CCCN(c2nnco2)C1. The van der Waals surface area contributed by atoms with Gasteiger partial charge in [-0.15, -0.1) is 5.10 Å². The Bertz CT molecular complexity index is 237. The zero-order chi connectivity index (χ0) is 8.39. The van der Waals surface area contributed by atoms with Crippen LogP contribution in [0.15, 0.2) is 10.8 Å². The van der Waals surface area contributed by atoms with E-state index in [1.165, 1.54) is 6.39 Å². The van der Waals surface area contributed by atoms with E-state index in [4.69, 9.17) is 4.42 Å². The monoisotopic (exact) mass is 169 g/mol. The second-order valence-electron chi connectivity index (χ2n) is 2.96. The molecule has 1 unspecified atom stereocenters. The molecule has 0 amide bonds. The van der Waals surface area contributed by atoms with E-state index in [9.17, 15) is 5.11 Å². The predicted octanol–water partition coefficient (Wildman–Crippen LogP) is 0.0307. The number of hydrogen-bond acceptors (Lipinski definition) is 5. The van der Waals surface area contributed by atoms with Crippen molar-refractivity contribution in [2.75, 3.05) is 18.0 Å². The minimum Gasteiger partial charge on any atom is -0.411 e. The van der Waals surface area contributed by atoms with Crippen LogP contribution in [0.4, 0.5) is 6.01 Å². The molecule has 5 heteroatoms. The summed E-state index contributed by atoms with van der Waals surface area (Å²) < 4.78 is 5.01. The summed E-state index contributed by atoms with van der Waals surface area (Å²) in [5.41, 5.74) is 0. The van der Waals surface area contributed by atoms with Crippen molar-refractivity contribution in [2.45, 2.75) is 18.9 Å². The quantitative estimate of drug-likeness (QED) is 0.642. The van der Waals surface area contributed by atoms with Crippen LogP contribution >= 0.6 is 0 Å². The highest BCUT2D eigenvalue weighted by Crippen LogP contribution is 2.16. The smallest absolute Gasteiger partial charge is 0.318 e. The zero-order valence-electron chi connectivity index (χ0n) is 6.68. The second kappa shape index (κ2) is 3.10. The molecule has 0 bridgehead atoms. The molecule has 66 valence electrons. The van der Waals surface area contributed by atoms with Crippen molar-refractivity contribution in [1.82, 2.24) is 10.2 Å². The zero-order valence-corrected chi connectivity index (χ0v) is 6.68. The van der Waals surface area contributed by atoms with E-state index in [1.807, 2.05) is 4.90 Å². The molecule has 1 aliphatic rings. The Balaban J connectivity index is 2.04. The lowest BCUT2D eigenvalue weighted by atomic mass is 10.1. The molecule has 5 nitrogen and oxygen atoms in total. The van der Waals surface area contributed by atoms with Gasteiger partial charge in [0.2, 0.25) is 6.39 Å². The molecule has 0 aromatic carbocycles. The van der Waals surface area contributed by atoms with E-state index in [1.54, 1.807) is 0 Å². The van der Waals surface area contributed by atoms with E-state index < -0.39 is 0 Å². The summed E-state index contributed by atoms with van der Waals surface area (Å²) in [4.78, 5) is 1.90. The first-order valence-electron chi connectivity index (χ1n) is 4.05. The van der Waals surface area contributed by atoms with Gasteiger partial charge in [-0.3, -0.25) is 0 Å². The summed E-state index contributed by atoms with van der Waals surface area (Å²) in [6, 6.07) is 0.508. The fourth-order valence-corrected chi connectivity index (χ4v) is 1.43. The third-order valence-corrected chi connectivity index (χ3v) is 2.02. The van der Waals surface area contributed by atoms with Crippen molar-refractivity contribution in [3.05, 3.63) is 6.39 Å². The lowest BCUT2D eigenvalue weighted by Gasteiger charge is -2.27. The molecule has 2 rings (SSSR count). The second-order valence-corrected chi connectivity index (χ2v) is 2.96. The summed E-state index contributed by atoms with van der Waals surface area (Å²) in [7, 11) is 0. The Kier molecular flexibility index (Phi) is 1.95. The van der Waals surface area contributed by atoms with Gasteiger partial charge in [-0.25, -0.2) is 0 Å². The van der Waals surface area contributed by atoms with Crippen molar-refractivity contribution in [3.8, 4) is 0 Å². The maximum Gasteiger partial charge on any atom is 0.318 e. The number of nitrogens with zero attached hydrogens (tertiary/aromatic N) is 3. The Morgan fingerprint density at radius 2 is 2.58 bits per heavy atom. The van der Waals surface area contributed by atoms with Gasteiger partial charge in [0.1, 0.15) is 0 Å². The molecule has 0 aliphatic carbocycles. The molecule has 1 fully saturated rings. The Morgan fingerprint density at radius 1 is 1.67 bits per heavy atom. The molecule has 0 radical (unpaired) electrons. The lowest BCUT2D eigenvalue weighted by molar-refractivity contribution is 0.152. The van der Waals surface area contributed by atoms with Gasteiger partial charge in [-0.1, -0.05) is 5.10 Å². The predicted molar refractivity (Wildman–Crippen MR) is 41.8 cm³/mol. The van der Waals surface area contributed by atoms with Gasteiger partial charge in [0.15, 0.2) is 0 Å². The average molecular weight is 169 g/mol. The van der Waals surface area contributed by atoms with E-state index in [2.05, 4.69) is 10.2 Å². The fourth-order valence-electron chi connectivity index (χ4n) is 1.43. The minimum absolute atomic E-state index is 0.259. The third kappa shape index (κ3) is 1.40. The van der Waals surface area contributed by atoms with Crippen LogP contribution in [0.2, 0.25) is 0 Å². The van der Waals surface area contributed by atoms with E-state index in [0.717, 1.165) is 19.4 Å². The normalized spacial score (nSPS) is 24.4. The highest BCUT2D eigenvalue weighted by molar-refractivity contribution is 5.24. The Morgan fingerprint density at radius 3 is 3.25 bits per heavy atom. The summed E-state index contributed by atoms with van der Waals surface area (Å²) in [6.45, 7) is 1.49. The number of hydrogen-bond donors (Lipinski definition) is 1. The van der Waals surface area contributed by atoms with Gasteiger partial charge in [0.05, 0.1) is 6.10 Å². The largest absolute Gasteiger partial charge is 0.411 e. The lowest BCUT2D eigenvalue weighted by Crippen LogP contribution is -2.38. The number of aromatic nitrogens is 2. The molecular formula is C7H11N3O2. The van der Waals surface area contributed by atoms with Crippen LogP contribution in [0.25, 0.3) is 0 Å². The molecule has 2 heterocycles. The summed E-state index contributed by atoms with van der Waals surface area (Å²) in [5.74, 6) is 0. The Hall–Kier alpha value is -1.10. The van der Waals surface area contributed by atoms with Crippen molar-refractivity contribution in [1.29, 1.82) is 0 Å². The molecule has 1 saturated heterocycles. The van der Waals surface area contributed by atoms with Gasteiger partial charge in [-0.05, 0) is 12.8 Å². The summed E-state index contributed by atoms with van der Waals surface area (Å²) >= 11 is 0. The summed E-state index contributed by atoms with van der Waals surface area (Å²) in [6.07, 6.45) is 2.88. The number of aliphatic hydroxyl groups excluding tert-OH is 1. The van der Waals surface area contributed by atoms with E-state index in [0.29, 0.717) is 12.6 Å². The summed E-state index contributed by atoms with van der Waals surface area (Å²) in [5, 5.41) is 16.7. The average Bonchev–Trinajstić information content (AvgIpc) is 2.56. The van der Waals surface area contributed by atoms with Crippen molar-refractivity contribution >= 4 is 6.01 Å². The highest BCUT2D eigenvalue weighted by Gasteiger charge is 2.20. The first-order chi connectivity index (χ1) is 5.86. The maximum atomic E-state index is 9.35. The topological polar surface area (TPSA) is 62.4 Å². The maximum absolute atomic E-state index is 9.35. The van der Waals surface area contributed by atoms with Crippen LogP contribution in [-0.2, 0) is 0 Å². The minimum atomic E-state index is -0.259. The van der Waals surface area contributed by atoms with Crippen LogP contribution in [0.5, 0.6) is 0 Å². The molecule has 1 N–H and O–H groups in total. The van der Waals surface area contributed by atoms with Gasteiger partial charge in [-0.2, -0.15) is 0 Å². The molecule has 1 aliphatic heterocycles. The first-order valence-corrected chi connectivity index (χ1v) is 4.05. The van der Waals surface area contributed by atoms with Crippen LogP contribution in [-0.4, -0.2) is 34.5 Å². The molecular weight excluding hydrogens is 158 g/mol. The highest BCUT2D eigenvalue weighted by atomic mass is 16.4. The standard InChI is InChI=1S/C7H11N3O2/c11-6-2-1-3-10(4-6)7-9-8-5-12-7/h5-6,11H,1-4H2. The first kappa shape index (κ1) is 7.54. The van der Waals surface area contributed by atoms with Crippen LogP contribution in [0.3, 0.4) is 0 Å². The van der Waals surface area contributed by atoms with Crippen molar-refractivity contribution in [3.63, 3.8) is 0 Å². The van der Waals surface area contributed by atoms with E-state index in [-0.39, 0.29) is 6.10 Å².